The first kappa shape index (κ1) is 19.7. The first-order chi connectivity index (χ1) is 13.7. The molecule has 0 saturated carbocycles. The van der Waals surface area contributed by atoms with E-state index in [4.69, 9.17) is 9.73 Å². The largest absolute Gasteiger partial charge is 0.457 e. The van der Waals surface area contributed by atoms with Crippen molar-refractivity contribution in [1.82, 2.24) is 15.1 Å². The molecule has 2 aromatic carbocycles. The number of nitrogens with one attached hydrogen (secondary N) is 1. The molecule has 6 heteroatoms. The summed E-state index contributed by atoms with van der Waals surface area (Å²) in [7, 11) is 0. The number of piperazine rings is 1. The zero-order chi connectivity index (χ0) is 19.8. The number of hydrogen-bond donors (Lipinski definition) is 1. The Labute approximate surface area is 166 Å². The second kappa shape index (κ2) is 9.78. The maximum atomic E-state index is 11.5. The molecule has 1 amide bonds. The van der Waals surface area contributed by atoms with Gasteiger partial charge in [-0.05, 0) is 36.8 Å². The molecule has 0 bridgehead atoms. The van der Waals surface area contributed by atoms with Crippen molar-refractivity contribution in [3.8, 4) is 11.5 Å². The Kier molecular flexibility index (Phi) is 6.89. The van der Waals surface area contributed by atoms with Gasteiger partial charge in [0.2, 0.25) is 5.91 Å². The summed E-state index contributed by atoms with van der Waals surface area (Å²) in [6.45, 7) is 8.19. The number of ether oxygens (including phenoxy) is 1. The Morgan fingerprint density at radius 3 is 2.18 bits per heavy atom. The fraction of sp³-hybridized carbons (Fsp3) is 0.364. The topological polar surface area (TPSA) is 57.2 Å². The number of aliphatic imine (C=N–C) groups is 1. The highest BCUT2D eigenvalue weighted by Crippen LogP contribution is 2.21. The van der Waals surface area contributed by atoms with E-state index in [1.165, 1.54) is 0 Å². The molecule has 0 aromatic heterocycles. The molecule has 0 atom stereocenters. The van der Waals surface area contributed by atoms with E-state index >= 15 is 0 Å². The van der Waals surface area contributed by atoms with Crippen LogP contribution < -0.4 is 10.1 Å². The fourth-order valence-electron chi connectivity index (χ4n) is 3.11. The third kappa shape index (κ3) is 5.49. The van der Waals surface area contributed by atoms with E-state index < -0.39 is 0 Å². The molecule has 1 aliphatic heterocycles. The Bertz CT molecular complexity index is 782. The molecule has 28 heavy (non-hydrogen) atoms. The van der Waals surface area contributed by atoms with Crippen LogP contribution in [0.25, 0.3) is 0 Å². The number of carbonyl (C=O) groups excluding carboxylic acids is 1. The lowest BCUT2D eigenvalue weighted by molar-refractivity contribution is -0.130. The van der Waals surface area contributed by atoms with Crippen molar-refractivity contribution in [2.75, 3.05) is 32.7 Å². The van der Waals surface area contributed by atoms with E-state index in [0.29, 0.717) is 6.54 Å². The molecule has 6 nitrogen and oxygen atoms in total. The Morgan fingerprint density at radius 2 is 1.57 bits per heavy atom. The van der Waals surface area contributed by atoms with E-state index in [1.807, 2.05) is 59.5 Å². The number of para-hydroxylation sites is 1. The van der Waals surface area contributed by atoms with Gasteiger partial charge in [0.05, 0.1) is 6.54 Å². The van der Waals surface area contributed by atoms with Crippen molar-refractivity contribution in [3.63, 3.8) is 0 Å². The molecule has 1 N–H and O–H groups in total. The minimum absolute atomic E-state index is 0.138. The molecule has 148 valence electrons. The standard InChI is InChI=1S/C22H28N4O2/c1-3-23-22(26-15-13-25(14-16-26)18(2)27)24-17-19-9-11-21(12-10-19)28-20-7-5-4-6-8-20/h4-12H,3,13-17H2,1-2H3,(H,23,24). The van der Waals surface area contributed by atoms with Crippen LogP contribution in [0.3, 0.4) is 0 Å². The van der Waals surface area contributed by atoms with Crippen LogP contribution in [0.15, 0.2) is 59.6 Å². The summed E-state index contributed by atoms with van der Waals surface area (Å²) >= 11 is 0. The third-order valence-corrected chi connectivity index (χ3v) is 4.67. The molecular weight excluding hydrogens is 352 g/mol. The number of guanidine groups is 1. The van der Waals surface area contributed by atoms with Gasteiger partial charge in [0, 0.05) is 39.6 Å². The Hall–Kier alpha value is -3.02. The lowest BCUT2D eigenvalue weighted by atomic mass is 10.2. The first-order valence-corrected chi connectivity index (χ1v) is 9.76. The second-order valence-electron chi connectivity index (χ2n) is 6.72. The van der Waals surface area contributed by atoms with E-state index in [9.17, 15) is 4.79 Å². The maximum Gasteiger partial charge on any atom is 0.219 e. The second-order valence-corrected chi connectivity index (χ2v) is 6.72. The number of rotatable bonds is 5. The molecule has 2 aromatic rings. The van der Waals surface area contributed by atoms with Crippen molar-refractivity contribution in [2.45, 2.75) is 20.4 Å². The normalized spacial score (nSPS) is 14.7. The fourth-order valence-corrected chi connectivity index (χ4v) is 3.11. The van der Waals surface area contributed by atoms with Gasteiger partial charge in [-0.3, -0.25) is 4.79 Å². The van der Waals surface area contributed by atoms with Gasteiger partial charge >= 0.3 is 0 Å². The van der Waals surface area contributed by atoms with Crippen LogP contribution in [-0.4, -0.2) is 54.4 Å². The third-order valence-electron chi connectivity index (χ3n) is 4.67. The number of amides is 1. The summed E-state index contributed by atoms with van der Waals surface area (Å²) in [6, 6.07) is 17.8. The first-order valence-electron chi connectivity index (χ1n) is 9.76. The Morgan fingerprint density at radius 1 is 0.964 bits per heavy atom. The van der Waals surface area contributed by atoms with E-state index in [2.05, 4.69) is 17.1 Å². The minimum atomic E-state index is 0.138. The van der Waals surface area contributed by atoms with Crippen LogP contribution in [0, 0.1) is 0 Å². The average Bonchev–Trinajstić information content (AvgIpc) is 2.73. The zero-order valence-electron chi connectivity index (χ0n) is 16.6. The highest BCUT2D eigenvalue weighted by atomic mass is 16.5. The van der Waals surface area contributed by atoms with Gasteiger partial charge < -0.3 is 19.9 Å². The molecule has 1 saturated heterocycles. The molecule has 0 aliphatic carbocycles. The van der Waals surface area contributed by atoms with Crippen molar-refractivity contribution < 1.29 is 9.53 Å². The average molecular weight is 380 g/mol. The predicted octanol–water partition coefficient (Wildman–Crippen LogP) is 3.11. The van der Waals surface area contributed by atoms with Crippen molar-refractivity contribution in [1.29, 1.82) is 0 Å². The van der Waals surface area contributed by atoms with Gasteiger partial charge in [-0.1, -0.05) is 30.3 Å². The number of carbonyl (C=O) groups is 1. The van der Waals surface area contributed by atoms with Crippen LogP contribution >= 0.6 is 0 Å². The lowest BCUT2D eigenvalue weighted by Gasteiger charge is -2.36. The van der Waals surface area contributed by atoms with E-state index in [-0.39, 0.29) is 5.91 Å². The highest BCUT2D eigenvalue weighted by molar-refractivity contribution is 5.80. The van der Waals surface area contributed by atoms with Crippen molar-refractivity contribution >= 4 is 11.9 Å². The van der Waals surface area contributed by atoms with Crippen LogP contribution in [0.2, 0.25) is 0 Å². The molecule has 0 unspecified atom stereocenters. The zero-order valence-corrected chi connectivity index (χ0v) is 16.6. The summed E-state index contributed by atoms with van der Waals surface area (Å²) in [5, 5.41) is 3.36. The van der Waals surface area contributed by atoms with Gasteiger partial charge in [-0.2, -0.15) is 0 Å². The summed E-state index contributed by atoms with van der Waals surface area (Å²) in [4.78, 5) is 20.4. The highest BCUT2D eigenvalue weighted by Gasteiger charge is 2.20. The van der Waals surface area contributed by atoms with Gasteiger partial charge in [0.25, 0.3) is 0 Å². The van der Waals surface area contributed by atoms with Gasteiger partial charge in [0.15, 0.2) is 5.96 Å². The summed E-state index contributed by atoms with van der Waals surface area (Å²) in [5.41, 5.74) is 1.12. The SMILES string of the molecule is CCNC(=NCc1ccc(Oc2ccccc2)cc1)N1CCN(C(C)=O)CC1. The van der Waals surface area contributed by atoms with Crippen LogP contribution in [-0.2, 0) is 11.3 Å². The van der Waals surface area contributed by atoms with Gasteiger partial charge in [-0.25, -0.2) is 4.99 Å². The van der Waals surface area contributed by atoms with Gasteiger partial charge in [0.1, 0.15) is 11.5 Å². The molecular formula is C22H28N4O2. The van der Waals surface area contributed by atoms with Gasteiger partial charge in [-0.15, -0.1) is 0 Å². The molecule has 0 radical (unpaired) electrons. The maximum absolute atomic E-state index is 11.5. The number of benzene rings is 2. The summed E-state index contributed by atoms with van der Waals surface area (Å²) in [6.07, 6.45) is 0. The molecule has 1 aliphatic rings. The van der Waals surface area contributed by atoms with Crippen LogP contribution in [0.1, 0.15) is 19.4 Å². The predicted molar refractivity (Wildman–Crippen MR) is 112 cm³/mol. The monoisotopic (exact) mass is 380 g/mol. The molecule has 1 heterocycles. The van der Waals surface area contributed by atoms with Crippen molar-refractivity contribution in [2.24, 2.45) is 4.99 Å². The Balaban J connectivity index is 1.59. The molecule has 0 spiro atoms. The van der Waals surface area contributed by atoms with Crippen LogP contribution in [0.4, 0.5) is 0 Å². The van der Waals surface area contributed by atoms with E-state index in [1.54, 1.807) is 6.92 Å². The smallest absolute Gasteiger partial charge is 0.219 e. The number of nitrogens with zero attached hydrogens (tertiary/aromatic N) is 3. The van der Waals surface area contributed by atoms with Crippen LogP contribution in [0.5, 0.6) is 11.5 Å². The molecule has 3 rings (SSSR count). The lowest BCUT2D eigenvalue weighted by Crippen LogP contribution is -2.53. The summed E-state index contributed by atoms with van der Waals surface area (Å²) in [5.74, 6) is 2.67. The summed E-state index contributed by atoms with van der Waals surface area (Å²) < 4.78 is 5.83. The minimum Gasteiger partial charge on any atom is -0.457 e. The quantitative estimate of drug-likeness (QED) is 0.640. The molecule has 1 fully saturated rings. The van der Waals surface area contributed by atoms with E-state index in [0.717, 1.165) is 55.7 Å². The van der Waals surface area contributed by atoms with Crippen molar-refractivity contribution in [3.05, 3.63) is 60.2 Å². The number of hydrogen-bond acceptors (Lipinski definition) is 3.